The van der Waals surface area contributed by atoms with Crippen LogP contribution in [0.3, 0.4) is 0 Å². The largest absolute Gasteiger partial charge is 0.507 e. The van der Waals surface area contributed by atoms with Crippen molar-refractivity contribution >= 4 is 29.7 Å². The molecular weight excluding hydrogens is 638 g/mol. The highest BCUT2D eigenvalue weighted by Crippen LogP contribution is 2.31. The molecule has 270 valence electrons. The van der Waals surface area contributed by atoms with Crippen LogP contribution in [-0.2, 0) is 27.2 Å². The Morgan fingerprint density at radius 3 is 2.18 bits per heavy atom. The first-order valence-corrected chi connectivity index (χ1v) is 18.2. The van der Waals surface area contributed by atoms with Crippen LogP contribution in [0, 0.1) is 19.8 Å². The van der Waals surface area contributed by atoms with Gasteiger partial charge < -0.3 is 35.0 Å². The lowest BCUT2D eigenvalue weighted by molar-refractivity contribution is -0.143. The number of para-hydroxylation sites is 1. The summed E-state index contributed by atoms with van der Waals surface area (Å²) in [5.41, 5.74) is 4.17. The van der Waals surface area contributed by atoms with E-state index in [1.807, 2.05) is 55.1 Å². The van der Waals surface area contributed by atoms with Crippen molar-refractivity contribution in [1.82, 2.24) is 19.6 Å². The highest BCUT2D eigenvalue weighted by molar-refractivity contribution is 5.91. The molecule has 0 radical (unpaired) electrons. The fraction of sp³-hybridized carbons (Fsp3) is 0.579. The fourth-order valence-electron chi connectivity index (χ4n) is 8.32. The summed E-state index contributed by atoms with van der Waals surface area (Å²) in [6.07, 6.45) is 4.66. The SMILES string of the molecule is Cc1cc(CC(OC(=O)N2CCC(N3CCc4ccccc4NC3=O)CC2)C(=O)N2CCN(C3CCC(CC(=O)O)CC3)CC2)cc(C)c1O. The van der Waals surface area contributed by atoms with E-state index in [1.165, 1.54) is 0 Å². The van der Waals surface area contributed by atoms with Gasteiger partial charge in [0, 0.05) is 76.4 Å². The van der Waals surface area contributed by atoms with Crippen molar-refractivity contribution in [2.24, 2.45) is 5.92 Å². The highest BCUT2D eigenvalue weighted by Gasteiger charge is 2.36. The number of piperazine rings is 1. The first kappa shape index (κ1) is 35.5. The molecule has 0 spiro atoms. The van der Waals surface area contributed by atoms with Gasteiger partial charge in [-0.05, 0) is 93.0 Å². The summed E-state index contributed by atoms with van der Waals surface area (Å²) in [5.74, 6) is -0.494. The molecule has 50 heavy (non-hydrogen) atoms. The number of carboxylic acids is 1. The molecule has 3 heterocycles. The van der Waals surface area contributed by atoms with Gasteiger partial charge in [-0.3, -0.25) is 14.5 Å². The molecule has 3 aliphatic heterocycles. The third kappa shape index (κ3) is 8.34. The molecule has 1 aliphatic carbocycles. The average Bonchev–Trinajstić information content (AvgIpc) is 3.28. The molecule has 0 aromatic heterocycles. The number of fused-ring (bicyclic) bond motifs is 1. The third-order valence-corrected chi connectivity index (χ3v) is 11.2. The van der Waals surface area contributed by atoms with Crippen LogP contribution in [0.25, 0.3) is 0 Å². The third-order valence-electron chi connectivity index (χ3n) is 11.2. The summed E-state index contributed by atoms with van der Waals surface area (Å²) >= 11 is 0. The number of phenolic OH excluding ortho intramolecular Hbond substituents is 1. The second kappa shape index (κ2) is 15.7. The Labute approximate surface area is 294 Å². The first-order chi connectivity index (χ1) is 24.0. The topological polar surface area (TPSA) is 143 Å². The second-order valence-corrected chi connectivity index (χ2v) is 14.5. The Morgan fingerprint density at radius 2 is 1.52 bits per heavy atom. The van der Waals surface area contributed by atoms with E-state index in [2.05, 4.69) is 10.2 Å². The fourth-order valence-corrected chi connectivity index (χ4v) is 8.32. The molecule has 0 bridgehead atoms. The number of carbonyl (C=O) groups is 4. The summed E-state index contributed by atoms with van der Waals surface area (Å²) in [6.45, 7) is 7.59. The number of aliphatic carboxylic acids is 1. The number of nitrogens with one attached hydrogen (secondary N) is 1. The van der Waals surface area contributed by atoms with E-state index in [0.29, 0.717) is 62.7 Å². The number of aromatic hydroxyl groups is 1. The molecular formula is C38H51N5O7. The monoisotopic (exact) mass is 689 g/mol. The lowest BCUT2D eigenvalue weighted by atomic mass is 9.83. The van der Waals surface area contributed by atoms with Crippen LogP contribution in [-0.4, -0.2) is 118 Å². The summed E-state index contributed by atoms with van der Waals surface area (Å²) < 4.78 is 6.05. The summed E-state index contributed by atoms with van der Waals surface area (Å²) in [5, 5.41) is 22.5. The molecule has 2 saturated heterocycles. The number of carbonyl (C=O) groups excluding carboxylic acids is 3. The zero-order valence-electron chi connectivity index (χ0n) is 29.3. The Kier molecular flexibility index (Phi) is 11.2. The quantitative estimate of drug-likeness (QED) is 0.359. The normalized spacial score (nSPS) is 22.7. The number of likely N-dealkylation sites (tertiary alicyclic amines) is 1. The van der Waals surface area contributed by atoms with Gasteiger partial charge in [0.25, 0.3) is 5.91 Å². The van der Waals surface area contributed by atoms with Gasteiger partial charge in [-0.15, -0.1) is 0 Å². The summed E-state index contributed by atoms with van der Waals surface area (Å²) in [7, 11) is 0. The Hall–Kier alpha value is -4.32. The zero-order chi connectivity index (χ0) is 35.4. The molecule has 12 heteroatoms. The second-order valence-electron chi connectivity index (χ2n) is 14.5. The lowest BCUT2D eigenvalue weighted by Crippen LogP contribution is -2.55. The molecule has 1 atom stereocenters. The van der Waals surface area contributed by atoms with Crippen molar-refractivity contribution in [3.63, 3.8) is 0 Å². The number of aryl methyl sites for hydroxylation is 2. The molecule has 1 unspecified atom stereocenters. The van der Waals surface area contributed by atoms with E-state index in [0.717, 1.165) is 62.0 Å². The number of piperidine rings is 1. The van der Waals surface area contributed by atoms with Crippen LogP contribution in [0.1, 0.15) is 67.2 Å². The average molecular weight is 690 g/mol. The van der Waals surface area contributed by atoms with E-state index >= 15 is 0 Å². The van der Waals surface area contributed by atoms with Gasteiger partial charge in [0.2, 0.25) is 0 Å². The van der Waals surface area contributed by atoms with Gasteiger partial charge >= 0.3 is 18.1 Å². The Bertz CT molecular complexity index is 1540. The Balaban J connectivity index is 1.06. The number of hydrogen-bond donors (Lipinski definition) is 3. The maximum Gasteiger partial charge on any atom is 0.410 e. The minimum Gasteiger partial charge on any atom is -0.507 e. The number of carboxylic acid groups (broad SMARTS) is 1. The number of benzene rings is 2. The maximum absolute atomic E-state index is 14.1. The molecule has 4 aliphatic rings. The van der Waals surface area contributed by atoms with E-state index in [4.69, 9.17) is 9.84 Å². The molecule has 3 N–H and O–H groups in total. The van der Waals surface area contributed by atoms with E-state index < -0.39 is 18.2 Å². The van der Waals surface area contributed by atoms with Crippen molar-refractivity contribution in [3.05, 3.63) is 58.7 Å². The predicted octanol–water partition coefficient (Wildman–Crippen LogP) is 4.79. The van der Waals surface area contributed by atoms with Gasteiger partial charge in [0.1, 0.15) is 5.75 Å². The molecule has 12 nitrogen and oxygen atoms in total. The van der Waals surface area contributed by atoms with Crippen molar-refractivity contribution in [2.75, 3.05) is 51.1 Å². The number of amides is 4. The zero-order valence-corrected chi connectivity index (χ0v) is 29.3. The molecule has 1 saturated carbocycles. The number of hydrogen-bond acceptors (Lipinski definition) is 7. The lowest BCUT2D eigenvalue weighted by Gasteiger charge is -2.42. The van der Waals surface area contributed by atoms with E-state index in [9.17, 15) is 24.3 Å². The van der Waals surface area contributed by atoms with Gasteiger partial charge in [-0.1, -0.05) is 30.3 Å². The van der Waals surface area contributed by atoms with Crippen LogP contribution in [0.15, 0.2) is 36.4 Å². The minimum atomic E-state index is -1.02. The predicted molar refractivity (Wildman–Crippen MR) is 188 cm³/mol. The highest BCUT2D eigenvalue weighted by atomic mass is 16.6. The number of rotatable bonds is 8. The van der Waals surface area contributed by atoms with Crippen molar-refractivity contribution in [3.8, 4) is 5.75 Å². The van der Waals surface area contributed by atoms with Crippen LogP contribution >= 0.6 is 0 Å². The molecule has 4 amide bonds. The smallest absolute Gasteiger partial charge is 0.410 e. The van der Waals surface area contributed by atoms with E-state index in [-0.39, 0.29) is 42.5 Å². The van der Waals surface area contributed by atoms with Crippen molar-refractivity contribution in [2.45, 2.75) is 89.8 Å². The maximum atomic E-state index is 14.1. The van der Waals surface area contributed by atoms with Crippen LogP contribution in [0.4, 0.5) is 15.3 Å². The minimum absolute atomic E-state index is 0.00254. The van der Waals surface area contributed by atoms with Gasteiger partial charge in [0.15, 0.2) is 6.10 Å². The van der Waals surface area contributed by atoms with Crippen molar-refractivity contribution in [1.29, 1.82) is 0 Å². The standard InChI is InChI=1S/C38H51N5O7/c1-25-21-28(22-26(2)35(25)46)23-33(36(47)41-19-17-40(18-20-41)30-9-7-27(8-10-30)24-34(44)45)50-38(49)42-14-12-31(13-15-42)43-16-11-29-5-3-4-6-32(29)39-37(43)48/h3-6,21-22,27,30-31,33,46H,7-20,23-24H2,1-2H3,(H,39,48)(H,44,45). The number of phenols is 1. The van der Waals surface area contributed by atoms with Crippen LogP contribution in [0.2, 0.25) is 0 Å². The number of nitrogens with zero attached hydrogens (tertiary/aromatic N) is 4. The molecule has 6 rings (SSSR count). The number of anilines is 1. The molecule has 3 fully saturated rings. The Morgan fingerprint density at radius 1 is 0.860 bits per heavy atom. The number of ether oxygens (including phenoxy) is 1. The number of urea groups is 1. The van der Waals surface area contributed by atoms with Gasteiger partial charge in [-0.2, -0.15) is 0 Å². The van der Waals surface area contributed by atoms with Gasteiger partial charge in [0.05, 0.1) is 0 Å². The molecule has 2 aromatic rings. The molecule has 2 aromatic carbocycles. The van der Waals surface area contributed by atoms with Crippen molar-refractivity contribution < 1.29 is 34.1 Å². The first-order valence-electron chi connectivity index (χ1n) is 18.2. The van der Waals surface area contributed by atoms with Crippen LogP contribution in [0.5, 0.6) is 5.75 Å². The summed E-state index contributed by atoms with van der Waals surface area (Å²) in [4.78, 5) is 59.7. The van der Waals surface area contributed by atoms with Gasteiger partial charge in [-0.25, -0.2) is 9.59 Å². The van der Waals surface area contributed by atoms with E-state index in [1.54, 1.807) is 9.80 Å². The summed E-state index contributed by atoms with van der Waals surface area (Å²) in [6, 6.07) is 11.8. The van der Waals surface area contributed by atoms with Crippen LogP contribution < -0.4 is 5.32 Å².